The van der Waals surface area contributed by atoms with Crippen LogP contribution in [-0.4, -0.2) is 24.1 Å². The largest absolute Gasteiger partial charge is 0.444 e. The number of carbonyl (C=O) groups is 2. The fourth-order valence-electron chi connectivity index (χ4n) is 3.32. The highest BCUT2D eigenvalue weighted by molar-refractivity contribution is 6.30. The Balaban J connectivity index is 1.88. The molecule has 144 valence electrons. The van der Waals surface area contributed by atoms with E-state index in [1.165, 1.54) is 0 Å². The first kappa shape index (κ1) is 20.6. The Labute approximate surface area is 160 Å². The first-order valence-corrected chi connectivity index (χ1v) is 9.52. The van der Waals surface area contributed by atoms with Crippen molar-refractivity contribution in [3.63, 3.8) is 0 Å². The first-order valence-electron chi connectivity index (χ1n) is 9.15. The number of anilines is 1. The molecule has 1 aliphatic rings. The van der Waals surface area contributed by atoms with Gasteiger partial charge in [-0.2, -0.15) is 0 Å². The molecule has 26 heavy (non-hydrogen) atoms. The van der Waals surface area contributed by atoms with Crippen LogP contribution in [-0.2, 0) is 9.53 Å². The van der Waals surface area contributed by atoms with E-state index in [2.05, 4.69) is 10.6 Å². The minimum Gasteiger partial charge on any atom is -0.444 e. The zero-order valence-electron chi connectivity index (χ0n) is 16.0. The smallest absolute Gasteiger partial charge is 0.407 e. The summed E-state index contributed by atoms with van der Waals surface area (Å²) in [6.07, 6.45) is 3.47. The monoisotopic (exact) mass is 380 g/mol. The second-order valence-corrected chi connectivity index (χ2v) is 8.55. The summed E-state index contributed by atoms with van der Waals surface area (Å²) in [5, 5.41) is 6.41. The quantitative estimate of drug-likeness (QED) is 0.729. The second-order valence-electron chi connectivity index (χ2n) is 8.11. The SMILES string of the molecule is CC(C(=O)Nc1ccc(Cl)cc1)C1(CCNC(=O)OC(C)(C)C)CCC1. The zero-order valence-corrected chi connectivity index (χ0v) is 16.8. The van der Waals surface area contributed by atoms with Gasteiger partial charge in [-0.05, 0) is 69.7 Å². The number of amides is 2. The van der Waals surface area contributed by atoms with Crippen LogP contribution in [0.2, 0.25) is 5.02 Å². The lowest BCUT2D eigenvalue weighted by Crippen LogP contribution is -2.44. The summed E-state index contributed by atoms with van der Waals surface area (Å²) in [4.78, 5) is 24.5. The maximum atomic E-state index is 12.7. The van der Waals surface area contributed by atoms with E-state index in [1.807, 2.05) is 27.7 Å². The van der Waals surface area contributed by atoms with E-state index >= 15 is 0 Å². The number of ether oxygens (including phenoxy) is 1. The molecule has 1 atom stereocenters. The predicted octanol–water partition coefficient (Wildman–Crippen LogP) is 5.00. The minimum absolute atomic E-state index is 0.00397. The van der Waals surface area contributed by atoms with Gasteiger partial charge in [0.15, 0.2) is 0 Å². The third kappa shape index (κ3) is 5.63. The van der Waals surface area contributed by atoms with Crippen LogP contribution in [0.25, 0.3) is 0 Å². The molecule has 1 unspecified atom stereocenters. The van der Waals surface area contributed by atoms with Crippen molar-refractivity contribution >= 4 is 29.3 Å². The number of rotatable bonds is 6. The maximum absolute atomic E-state index is 12.7. The molecule has 0 saturated heterocycles. The van der Waals surface area contributed by atoms with E-state index in [-0.39, 0.29) is 17.2 Å². The summed E-state index contributed by atoms with van der Waals surface area (Å²) >= 11 is 5.88. The predicted molar refractivity (Wildman–Crippen MR) is 104 cm³/mol. The summed E-state index contributed by atoms with van der Waals surface area (Å²) in [5.74, 6) is -0.128. The topological polar surface area (TPSA) is 67.4 Å². The van der Waals surface area contributed by atoms with Gasteiger partial charge < -0.3 is 15.4 Å². The molecule has 0 aliphatic heterocycles. The van der Waals surface area contributed by atoms with Crippen LogP contribution in [0.3, 0.4) is 0 Å². The third-order valence-corrected chi connectivity index (χ3v) is 5.32. The molecular formula is C20H29ClN2O3. The summed E-state index contributed by atoms with van der Waals surface area (Å²) in [7, 11) is 0. The second kappa shape index (κ2) is 8.30. The molecule has 0 aromatic heterocycles. The van der Waals surface area contributed by atoms with Gasteiger partial charge in [-0.15, -0.1) is 0 Å². The Kier molecular flexibility index (Phi) is 6.56. The van der Waals surface area contributed by atoms with E-state index in [0.29, 0.717) is 11.6 Å². The molecule has 1 fully saturated rings. The van der Waals surface area contributed by atoms with Gasteiger partial charge in [0, 0.05) is 23.2 Å². The van der Waals surface area contributed by atoms with Crippen molar-refractivity contribution in [2.24, 2.45) is 11.3 Å². The van der Waals surface area contributed by atoms with Crippen molar-refractivity contribution in [1.82, 2.24) is 5.32 Å². The third-order valence-electron chi connectivity index (χ3n) is 5.06. The number of hydrogen-bond acceptors (Lipinski definition) is 3. The highest BCUT2D eigenvalue weighted by atomic mass is 35.5. The lowest BCUT2D eigenvalue weighted by molar-refractivity contribution is -0.126. The van der Waals surface area contributed by atoms with Gasteiger partial charge >= 0.3 is 6.09 Å². The molecule has 2 rings (SSSR count). The number of nitrogens with one attached hydrogen (secondary N) is 2. The molecule has 1 aromatic rings. The van der Waals surface area contributed by atoms with Gasteiger partial charge in [0.25, 0.3) is 0 Å². The fourth-order valence-corrected chi connectivity index (χ4v) is 3.45. The molecule has 5 nitrogen and oxygen atoms in total. The summed E-state index contributed by atoms with van der Waals surface area (Å²) in [6.45, 7) is 7.99. The van der Waals surface area contributed by atoms with Crippen molar-refractivity contribution in [1.29, 1.82) is 0 Å². The Morgan fingerprint density at radius 2 is 1.85 bits per heavy atom. The van der Waals surface area contributed by atoms with Gasteiger partial charge in [0.1, 0.15) is 5.60 Å². The molecule has 0 radical (unpaired) electrons. The lowest BCUT2D eigenvalue weighted by atomic mass is 9.59. The van der Waals surface area contributed by atoms with Crippen molar-refractivity contribution in [2.45, 2.75) is 59.0 Å². The number of halogens is 1. The summed E-state index contributed by atoms with van der Waals surface area (Å²) < 4.78 is 5.26. The van der Waals surface area contributed by atoms with Crippen LogP contribution < -0.4 is 10.6 Å². The number of hydrogen-bond donors (Lipinski definition) is 2. The van der Waals surface area contributed by atoms with Crippen LogP contribution in [0.1, 0.15) is 53.4 Å². The molecule has 0 spiro atoms. The highest BCUT2D eigenvalue weighted by Crippen LogP contribution is 2.50. The van der Waals surface area contributed by atoms with Gasteiger partial charge in [-0.1, -0.05) is 24.9 Å². The van der Waals surface area contributed by atoms with E-state index in [9.17, 15) is 9.59 Å². The molecule has 0 heterocycles. The molecule has 2 amide bonds. The first-order chi connectivity index (χ1) is 12.1. The Morgan fingerprint density at radius 3 is 2.35 bits per heavy atom. The summed E-state index contributed by atoms with van der Waals surface area (Å²) in [6, 6.07) is 7.10. The van der Waals surface area contributed by atoms with Gasteiger partial charge in [-0.3, -0.25) is 4.79 Å². The maximum Gasteiger partial charge on any atom is 0.407 e. The number of benzene rings is 1. The van der Waals surface area contributed by atoms with Crippen LogP contribution >= 0.6 is 11.6 Å². The Morgan fingerprint density at radius 1 is 1.23 bits per heavy atom. The normalized spacial score (nSPS) is 17.0. The van der Waals surface area contributed by atoms with E-state index in [4.69, 9.17) is 16.3 Å². The Hall–Kier alpha value is -1.75. The van der Waals surface area contributed by atoms with Crippen molar-refractivity contribution in [3.05, 3.63) is 29.3 Å². The highest BCUT2D eigenvalue weighted by Gasteiger charge is 2.44. The van der Waals surface area contributed by atoms with Crippen LogP contribution in [0, 0.1) is 11.3 Å². The zero-order chi connectivity index (χ0) is 19.4. The average molecular weight is 381 g/mol. The average Bonchev–Trinajstić information content (AvgIpc) is 2.49. The Bertz CT molecular complexity index is 633. The van der Waals surface area contributed by atoms with Crippen LogP contribution in [0.4, 0.5) is 10.5 Å². The fraction of sp³-hybridized carbons (Fsp3) is 0.600. The molecule has 6 heteroatoms. The van der Waals surface area contributed by atoms with Crippen LogP contribution in [0.5, 0.6) is 0 Å². The lowest BCUT2D eigenvalue weighted by Gasteiger charge is -2.46. The van der Waals surface area contributed by atoms with Gasteiger partial charge in [0.05, 0.1) is 0 Å². The minimum atomic E-state index is -0.510. The van der Waals surface area contributed by atoms with E-state index in [1.54, 1.807) is 24.3 Å². The van der Waals surface area contributed by atoms with Crippen molar-refractivity contribution < 1.29 is 14.3 Å². The molecule has 1 saturated carbocycles. The van der Waals surface area contributed by atoms with Gasteiger partial charge in [-0.25, -0.2) is 4.79 Å². The van der Waals surface area contributed by atoms with E-state index in [0.717, 1.165) is 31.4 Å². The summed E-state index contributed by atoms with van der Waals surface area (Å²) in [5.41, 5.74) is 0.169. The van der Waals surface area contributed by atoms with Crippen molar-refractivity contribution in [3.8, 4) is 0 Å². The molecule has 1 aliphatic carbocycles. The molecule has 1 aromatic carbocycles. The van der Waals surface area contributed by atoms with E-state index < -0.39 is 11.7 Å². The standard InChI is InChI=1S/C20H29ClN2O3/c1-14(17(24)23-16-8-6-15(21)7-9-16)20(10-5-11-20)12-13-22-18(25)26-19(2,3)4/h6-9,14H,5,10-13H2,1-4H3,(H,22,25)(H,23,24). The van der Waals surface area contributed by atoms with Crippen molar-refractivity contribution in [2.75, 3.05) is 11.9 Å². The van der Waals surface area contributed by atoms with Crippen LogP contribution in [0.15, 0.2) is 24.3 Å². The van der Waals surface area contributed by atoms with Gasteiger partial charge in [0.2, 0.25) is 5.91 Å². The molecular weight excluding hydrogens is 352 g/mol. The number of alkyl carbamates (subject to hydrolysis) is 1. The molecule has 2 N–H and O–H groups in total. The molecule has 0 bridgehead atoms. The number of carbonyl (C=O) groups excluding carboxylic acids is 2.